The standard InChI is InChI=1S/C24H21ClN2O4/c1-15(24(30)31)27(2)23(29)19-5-3-16(4-6-19)17-9-13-21(14-10-17)26-22(28)18-7-11-20(25)12-8-18/h3-15H,1-2H3,(H,26,28)(H,30,31)/t15-/m0/s1. The Bertz CT molecular complexity index is 1090. The second-order valence-electron chi connectivity index (χ2n) is 7.05. The Labute approximate surface area is 185 Å². The van der Waals surface area contributed by atoms with Gasteiger partial charge in [0.1, 0.15) is 6.04 Å². The van der Waals surface area contributed by atoms with E-state index in [1.807, 2.05) is 12.1 Å². The molecule has 0 saturated carbocycles. The monoisotopic (exact) mass is 436 g/mol. The molecule has 0 unspecified atom stereocenters. The van der Waals surface area contributed by atoms with Crippen LogP contribution in [0.15, 0.2) is 72.8 Å². The maximum absolute atomic E-state index is 12.4. The molecule has 0 spiro atoms. The van der Waals surface area contributed by atoms with Crippen molar-refractivity contribution >= 4 is 35.1 Å². The molecule has 0 aliphatic carbocycles. The fourth-order valence-electron chi connectivity index (χ4n) is 2.90. The van der Waals surface area contributed by atoms with Crippen LogP contribution in [0.25, 0.3) is 11.1 Å². The number of aliphatic carboxylic acids is 1. The van der Waals surface area contributed by atoms with Crippen LogP contribution in [-0.2, 0) is 4.79 Å². The third kappa shape index (κ3) is 5.29. The first-order valence-corrected chi connectivity index (χ1v) is 9.91. The van der Waals surface area contributed by atoms with Crippen molar-refractivity contribution in [2.75, 3.05) is 12.4 Å². The molecule has 0 aliphatic heterocycles. The second-order valence-corrected chi connectivity index (χ2v) is 7.48. The van der Waals surface area contributed by atoms with Crippen molar-refractivity contribution in [1.82, 2.24) is 4.90 Å². The summed E-state index contributed by atoms with van der Waals surface area (Å²) in [5.74, 6) is -1.65. The molecule has 6 nitrogen and oxygen atoms in total. The minimum Gasteiger partial charge on any atom is -0.480 e. The van der Waals surface area contributed by atoms with Gasteiger partial charge in [0.15, 0.2) is 0 Å². The quantitative estimate of drug-likeness (QED) is 0.580. The Morgan fingerprint density at radius 2 is 1.32 bits per heavy atom. The number of carboxylic acid groups (broad SMARTS) is 1. The van der Waals surface area contributed by atoms with Crippen LogP contribution in [0, 0.1) is 0 Å². The minimum atomic E-state index is -1.06. The van der Waals surface area contributed by atoms with Gasteiger partial charge in [-0.05, 0) is 66.6 Å². The van der Waals surface area contributed by atoms with Gasteiger partial charge in [-0.25, -0.2) is 4.79 Å². The van der Waals surface area contributed by atoms with Crippen molar-refractivity contribution in [1.29, 1.82) is 0 Å². The van der Waals surface area contributed by atoms with Gasteiger partial charge in [0.05, 0.1) is 0 Å². The van der Waals surface area contributed by atoms with Crippen LogP contribution in [-0.4, -0.2) is 40.9 Å². The summed E-state index contributed by atoms with van der Waals surface area (Å²) in [6.07, 6.45) is 0. The van der Waals surface area contributed by atoms with Crippen LogP contribution >= 0.6 is 11.6 Å². The van der Waals surface area contributed by atoms with Gasteiger partial charge in [-0.15, -0.1) is 0 Å². The molecule has 1 atom stereocenters. The molecule has 7 heteroatoms. The lowest BCUT2D eigenvalue weighted by molar-refractivity contribution is -0.141. The fourth-order valence-corrected chi connectivity index (χ4v) is 3.03. The number of amides is 2. The van der Waals surface area contributed by atoms with Crippen LogP contribution < -0.4 is 5.32 Å². The number of nitrogens with one attached hydrogen (secondary N) is 1. The molecule has 0 radical (unpaired) electrons. The summed E-state index contributed by atoms with van der Waals surface area (Å²) in [7, 11) is 1.46. The second kappa shape index (κ2) is 9.45. The summed E-state index contributed by atoms with van der Waals surface area (Å²) in [6, 6.07) is 20.0. The summed E-state index contributed by atoms with van der Waals surface area (Å²) in [5.41, 5.74) is 3.37. The topological polar surface area (TPSA) is 86.7 Å². The predicted molar refractivity (Wildman–Crippen MR) is 120 cm³/mol. The Morgan fingerprint density at radius 3 is 1.84 bits per heavy atom. The number of carboxylic acids is 1. The number of benzene rings is 3. The van der Waals surface area contributed by atoms with Gasteiger partial charge >= 0.3 is 5.97 Å². The number of likely N-dealkylation sites (N-methyl/N-ethyl adjacent to an activating group) is 1. The number of rotatable bonds is 6. The van der Waals surface area contributed by atoms with Crippen molar-refractivity contribution in [3.63, 3.8) is 0 Å². The van der Waals surface area contributed by atoms with Gasteiger partial charge in [-0.2, -0.15) is 0 Å². The highest BCUT2D eigenvalue weighted by atomic mass is 35.5. The third-order valence-corrected chi connectivity index (χ3v) is 5.23. The summed E-state index contributed by atoms with van der Waals surface area (Å²) in [5, 5.41) is 12.5. The van der Waals surface area contributed by atoms with Crippen molar-refractivity contribution < 1.29 is 19.5 Å². The minimum absolute atomic E-state index is 0.230. The molecule has 0 aliphatic rings. The summed E-state index contributed by atoms with van der Waals surface area (Å²) >= 11 is 5.84. The molecule has 2 amide bonds. The number of hydrogen-bond donors (Lipinski definition) is 2. The molecule has 0 aromatic heterocycles. The Morgan fingerprint density at radius 1 is 0.839 bits per heavy atom. The molecule has 158 valence electrons. The van der Waals surface area contributed by atoms with E-state index in [9.17, 15) is 14.4 Å². The number of carbonyl (C=O) groups is 3. The molecule has 2 N–H and O–H groups in total. The van der Waals surface area contributed by atoms with E-state index in [4.69, 9.17) is 16.7 Å². The van der Waals surface area contributed by atoms with Gasteiger partial charge in [0, 0.05) is 28.9 Å². The lowest BCUT2D eigenvalue weighted by Gasteiger charge is -2.21. The largest absolute Gasteiger partial charge is 0.480 e. The molecule has 0 heterocycles. The van der Waals surface area contributed by atoms with Crippen molar-refractivity contribution in [2.24, 2.45) is 0 Å². The number of anilines is 1. The molecular formula is C24H21ClN2O4. The first-order chi connectivity index (χ1) is 14.8. The van der Waals surface area contributed by atoms with E-state index >= 15 is 0 Å². The van der Waals surface area contributed by atoms with Crippen molar-refractivity contribution in [3.05, 3.63) is 88.9 Å². The van der Waals surface area contributed by atoms with Crippen molar-refractivity contribution in [2.45, 2.75) is 13.0 Å². The third-order valence-electron chi connectivity index (χ3n) is 4.97. The van der Waals surface area contributed by atoms with Gasteiger partial charge in [0.2, 0.25) is 0 Å². The number of carbonyl (C=O) groups excluding carboxylic acids is 2. The number of hydrogen-bond acceptors (Lipinski definition) is 3. The average Bonchev–Trinajstić information content (AvgIpc) is 2.78. The predicted octanol–water partition coefficient (Wildman–Crippen LogP) is 4.80. The van der Waals surface area contributed by atoms with Crippen LogP contribution in [0.2, 0.25) is 5.02 Å². The van der Waals surface area contributed by atoms with E-state index in [1.165, 1.54) is 18.9 Å². The van der Waals surface area contributed by atoms with Crippen molar-refractivity contribution in [3.8, 4) is 11.1 Å². The molecule has 0 fully saturated rings. The summed E-state index contributed by atoms with van der Waals surface area (Å²) in [4.78, 5) is 37.0. The van der Waals surface area contributed by atoms with Gasteiger partial charge in [-0.1, -0.05) is 35.9 Å². The molecule has 3 aromatic carbocycles. The highest BCUT2D eigenvalue weighted by Gasteiger charge is 2.22. The Balaban J connectivity index is 1.68. The highest BCUT2D eigenvalue weighted by molar-refractivity contribution is 6.30. The lowest BCUT2D eigenvalue weighted by atomic mass is 10.0. The molecule has 31 heavy (non-hydrogen) atoms. The zero-order valence-electron chi connectivity index (χ0n) is 17.0. The van der Waals surface area contributed by atoms with E-state index in [0.717, 1.165) is 11.1 Å². The first-order valence-electron chi connectivity index (χ1n) is 9.53. The highest BCUT2D eigenvalue weighted by Crippen LogP contribution is 2.23. The maximum atomic E-state index is 12.4. The zero-order chi connectivity index (χ0) is 22.5. The smallest absolute Gasteiger partial charge is 0.326 e. The van der Waals surface area contributed by atoms with Crippen LogP contribution in [0.3, 0.4) is 0 Å². The van der Waals surface area contributed by atoms with E-state index in [2.05, 4.69) is 5.32 Å². The molecule has 0 saturated heterocycles. The molecule has 3 rings (SSSR count). The Kier molecular flexibility index (Phi) is 6.72. The van der Waals surface area contributed by atoms with Crippen LogP contribution in [0.1, 0.15) is 27.6 Å². The summed E-state index contributed by atoms with van der Waals surface area (Å²) < 4.78 is 0. The van der Waals surface area contributed by atoms with E-state index < -0.39 is 12.0 Å². The fraction of sp³-hybridized carbons (Fsp3) is 0.125. The van der Waals surface area contributed by atoms with E-state index in [1.54, 1.807) is 60.7 Å². The normalized spacial score (nSPS) is 11.5. The maximum Gasteiger partial charge on any atom is 0.326 e. The van der Waals surface area contributed by atoms with Gasteiger partial charge in [-0.3, -0.25) is 9.59 Å². The number of halogens is 1. The first kappa shape index (κ1) is 22.1. The molecule has 3 aromatic rings. The lowest BCUT2D eigenvalue weighted by Crippen LogP contribution is -2.40. The Hall–Kier alpha value is -3.64. The van der Waals surface area contributed by atoms with Crippen LogP contribution in [0.5, 0.6) is 0 Å². The van der Waals surface area contributed by atoms with E-state index in [-0.39, 0.29) is 11.8 Å². The molecular weight excluding hydrogens is 416 g/mol. The molecule has 0 bridgehead atoms. The van der Waals surface area contributed by atoms with Crippen LogP contribution in [0.4, 0.5) is 5.69 Å². The van der Waals surface area contributed by atoms with Gasteiger partial charge in [0.25, 0.3) is 11.8 Å². The number of nitrogens with zero attached hydrogens (tertiary/aromatic N) is 1. The summed E-state index contributed by atoms with van der Waals surface area (Å²) in [6.45, 7) is 1.46. The van der Waals surface area contributed by atoms with Gasteiger partial charge < -0.3 is 15.3 Å². The van der Waals surface area contributed by atoms with E-state index in [0.29, 0.717) is 21.8 Å². The average molecular weight is 437 g/mol. The SMILES string of the molecule is C[C@@H](C(=O)O)N(C)C(=O)c1ccc(-c2ccc(NC(=O)c3ccc(Cl)cc3)cc2)cc1. The zero-order valence-corrected chi connectivity index (χ0v) is 17.8.